The van der Waals surface area contributed by atoms with Gasteiger partial charge in [-0.1, -0.05) is 18.2 Å². The fourth-order valence-electron chi connectivity index (χ4n) is 3.49. The summed E-state index contributed by atoms with van der Waals surface area (Å²) in [4.78, 5) is 27.1. The number of sulfone groups is 1. The van der Waals surface area contributed by atoms with Crippen molar-refractivity contribution in [1.29, 1.82) is 0 Å². The Morgan fingerprint density at radius 3 is 2.64 bits per heavy atom. The maximum atomic E-state index is 13.2. The zero-order chi connectivity index (χ0) is 19.9. The molecule has 7 nitrogen and oxygen atoms in total. The van der Waals surface area contributed by atoms with E-state index in [0.717, 1.165) is 0 Å². The van der Waals surface area contributed by atoms with Gasteiger partial charge in [0.05, 0.1) is 18.1 Å². The number of carbonyl (C=O) groups excluding carboxylic acids is 1. The monoisotopic (exact) mass is 401 g/mol. The van der Waals surface area contributed by atoms with Crippen molar-refractivity contribution in [3.05, 3.63) is 70.0 Å². The van der Waals surface area contributed by atoms with Crippen LogP contribution in [-0.4, -0.2) is 36.8 Å². The Morgan fingerprint density at radius 2 is 1.96 bits per heavy atom. The Hall–Kier alpha value is -2.87. The molecule has 2 aromatic heterocycles. The molecule has 1 fully saturated rings. The molecule has 1 aromatic carbocycles. The summed E-state index contributed by atoms with van der Waals surface area (Å²) in [6.07, 6.45) is 0.326. The maximum absolute atomic E-state index is 13.2. The van der Waals surface area contributed by atoms with E-state index in [9.17, 15) is 18.0 Å². The summed E-state index contributed by atoms with van der Waals surface area (Å²) in [5, 5.41) is 0.623. The van der Waals surface area contributed by atoms with Gasteiger partial charge in [-0.05, 0) is 37.6 Å². The number of rotatable bonds is 4. The molecule has 3 heterocycles. The molecule has 0 radical (unpaired) electrons. The van der Waals surface area contributed by atoms with Crippen molar-refractivity contribution >= 4 is 26.7 Å². The first-order valence-electron chi connectivity index (χ1n) is 8.92. The lowest BCUT2D eigenvalue weighted by Gasteiger charge is -2.27. The van der Waals surface area contributed by atoms with Crippen LogP contribution in [0, 0.1) is 6.92 Å². The van der Waals surface area contributed by atoms with Crippen LogP contribution >= 0.6 is 0 Å². The third kappa shape index (κ3) is 3.60. The predicted octanol–water partition coefficient (Wildman–Crippen LogP) is 2.52. The summed E-state index contributed by atoms with van der Waals surface area (Å²) >= 11 is 0. The van der Waals surface area contributed by atoms with Gasteiger partial charge >= 0.3 is 5.63 Å². The minimum absolute atomic E-state index is 0.0188. The van der Waals surface area contributed by atoms with Crippen LogP contribution in [0.2, 0.25) is 0 Å². The first-order chi connectivity index (χ1) is 13.3. The van der Waals surface area contributed by atoms with E-state index in [1.807, 2.05) is 0 Å². The molecule has 146 valence electrons. The van der Waals surface area contributed by atoms with Crippen LogP contribution in [0.4, 0.5) is 0 Å². The first kappa shape index (κ1) is 18.5. The summed E-state index contributed by atoms with van der Waals surface area (Å²) in [6, 6.07) is 11.4. The molecule has 0 saturated carbocycles. The highest BCUT2D eigenvalue weighted by molar-refractivity contribution is 7.91. The summed E-state index contributed by atoms with van der Waals surface area (Å²) in [5.74, 6) is 0.546. The van der Waals surface area contributed by atoms with Gasteiger partial charge in [0.25, 0.3) is 5.91 Å². The van der Waals surface area contributed by atoms with Crippen molar-refractivity contribution in [3.8, 4) is 0 Å². The molecule has 1 aliphatic heterocycles. The van der Waals surface area contributed by atoms with Crippen LogP contribution in [0.25, 0.3) is 11.0 Å². The summed E-state index contributed by atoms with van der Waals surface area (Å²) in [5.41, 5.74) is -0.475. The Morgan fingerprint density at radius 1 is 1.18 bits per heavy atom. The van der Waals surface area contributed by atoms with Crippen LogP contribution in [-0.2, 0) is 16.4 Å². The molecule has 1 unspecified atom stereocenters. The topological polar surface area (TPSA) is 97.8 Å². The molecule has 0 bridgehead atoms. The molecule has 1 amide bonds. The second-order valence-electron chi connectivity index (χ2n) is 6.99. The van der Waals surface area contributed by atoms with Gasteiger partial charge in [-0.25, -0.2) is 13.2 Å². The Bertz CT molecular complexity index is 1210. The summed E-state index contributed by atoms with van der Waals surface area (Å²) in [6.45, 7) is 1.87. The molecule has 0 aliphatic carbocycles. The molecular weight excluding hydrogens is 382 g/mol. The fourth-order valence-corrected chi connectivity index (χ4v) is 5.22. The molecule has 8 heteroatoms. The van der Waals surface area contributed by atoms with Crippen molar-refractivity contribution in [1.82, 2.24) is 4.90 Å². The second-order valence-corrected chi connectivity index (χ2v) is 9.22. The lowest BCUT2D eigenvalue weighted by atomic mass is 10.1. The highest BCUT2D eigenvalue weighted by Crippen LogP contribution is 2.23. The number of hydrogen-bond acceptors (Lipinski definition) is 6. The number of hydrogen-bond donors (Lipinski definition) is 0. The number of amides is 1. The lowest BCUT2D eigenvalue weighted by molar-refractivity contribution is 0.0661. The van der Waals surface area contributed by atoms with Crippen LogP contribution in [0.15, 0.2) is 56.1 Å². The third-order valence-electron chi connectivity index (χ3n) is 4.90. The lowest BCUT2D eigenvalue weighted by Crippen LogP contribution is -2.42. The Labute approximate surface area is 161 Å². The smallest absolute Gasteiger partial charge is 0.349 e. The van der Waals surface area contributed by atoms with Crippen LogP contribution in [0.5, 0.6) is 0 Å². The first-order valence-corrected chi connectivity index (χ1v) is 10.7. The van der Waals surface area contributed by atoms with E-state index in [-0.39, 0.29) is 23.6 Å². The highest BCUT2D eigenvalue weighted by Gasteiger charge is 2.36. The number of benzene rings is 1. The molecular formula is C20H19NO6S. The minimum Gasteiger partial charge on any atom is -0.464 e. The van der Waals surface area contributed by atoms with Crippen molar-refractivity contribution < 1.29 is 22.0 Å². The molecule has 3 aromatic rings. The van der Waals surface area contributed by atoms with Gasteiger partial charge in [-0.2, -0.15) is 0 Å². The molecule has 0 spiro atoms. The molecule has 1 atom stereocenters. The van der Waals surface area contributed by atoms with Crippen molar-refractivity contribution in [2.45, 2.75) is 25.9 Å². The predicted molar refractivity (Wildman–Crippen MR) is 103 cm³/mol. The molecule has 0 N–H and O–H groups in total. The van der Waals surface area contributed by atoms with E-state index in [0.29, 0.717) is 28.9 Å². The van der Waals surface area contributed by atoms with Gasteiger partial charge in [0.1, 0.15) is 22.7 Å². The summed E-state index contributed by atoms with van der Waals surface area (Å²) in [7, 11) is -3.21. The average molecular weight is 401 g/mol. The third-order valence-corrected chi connectivity index (χ3v) is 6.65. The van der Waals surface area contributed by atoms with Gasteiger partial charge in [-0.15, -0.1) is 0 Å². The molecule has 28 heavy (non-hydrogen) atoms. The largest absolute Gasteiger partial charge is 0.464 e. The van der Waals surface area contributed by atoms with Crippen molar-refractivity contribution in [2.75, 3.05) is 11.5 Å². The quantitative estimate of drug-likeness (QED) is 0.623. The number of aryl methyl sites for hydroxylation is 1. The Kier molecular flexibility index (Phi) is 4.58. The zero-order valence-corrected chi connectivity index (χ0v) is 16.1. The fraction of sp³-hybridized carbons (Fsp3) is 0.300. The van der Waals surface area contributed by atoms with Gasteiger partial charge in [0.2, 0.25) is 0 Å². The van der Waals surface area contributed by atoms with Crippen LogP contribution < -0.4 is 5.63 Å². The van der Waals surface area contributed by atoms with E-state index in [4.69, 9.17) is 8.83 Å². The standard InChI is InChI=1S/C20H19NO6S/c1-13-6-7-16(26-13)11-21(15-8-9-28(24,25)12-15)19(22)17-10-14-4-2-3-5-18(14)27-20(17)23/h2-7,10,15H,8-9,11-12H2,1H3. The SMILES string of the molecule is Cc1ccc(CN(C(=O)c2cc3ccccc3oc2=O)C2CCS(=O)(=O)C2)o1. The molecule has 1 aliphatic rings. The van der Waals surface area contributed by atoms with Gasteiger partial charge in [-0.3, -0.25) is 4.79 Å². The molecule has 4 rings (SSSR count). The van der Waals surface area contributed by atoms with E-state index < -0.39 is 27.4 Å². The summed E-state index contributed by atoms with van der Waals surface area (Å²) < 4.78 is 34.8. The maximum Gasteiger partial charge on any atom is 0.349 e. The average Bonchev–Trinajstić information content (AvgIpc) is 3.23. The molecule has 1 saturated heterocycles. The van der Waals surface area contributed by atoms with E-state index in [2.05, 4.69) is 0 Å². The van der Waals surface area contributed by atoms with Gasteiger partial charge in [0.15, 0.2) is 9.84 Å². The van der Waals surface area contributed by atoms with Crippen LogP contribution in [0.1, 0.15) is 28.3 Å². The number of para-hydroxylation sites is 1. The normalized spacial score (nSPS) is 18.4. The zero-order valence-electron chi connectivity index (χ0n) is 15.3. The van der Waals surface area contributed by atoms with Crippen molar-refractivity contribution in [3.63, 3.8) is 0 Å². The second kappa shape index (κ2) is 6.94. The number of nitrogens with zero attached hydrogens (tertiary/aromatic N) is 1. The minimum atomic E-state index is -3.21. The number of fused-ring (bicyclic) bond motifs is 1. The van der Waals surface area contributed by atoms with E-state index >= 15 is 0 Å². The van der Waals surface area contributed by atoms with E-state index in [1.165, 1.54) is 11.0 Å². The highest BCUT2D eigenvalue weighted by atomic mass is 32.2. The Balaban J connectivity index is 1.74. The van der Waals surface area contributed by atoms with Gasteiger partial charge < -0.3 is 13.7 Å². The van der Waals surface area contributed by atoms with E-state index in [1.54, 1.807) is 43.3 Å². The number of furan rings is 1. The van der Waals surface area contributed by atoms with Crippen LogP contribution in [0.3, 0.4) is 0 Å². The number of carbonyl (C=O) groups is 1. The van der Waals surface area contributed by atoms with Gasteiger partial charge in [0, 0.05) is 11.4 Å². The van der Waals surface area contributed by atoms with Crippen molar-refractivity contribution in [2.24, 2.45) is 0 Å².